The van der Waals surface area contributed by atoms with E-state index in [1.807, 2.05) is 25.1 Å². The lowest BCUT2D eigenvalue weighted by molar-refractivity contribution is 0.373. The first kappa shape index (κ1) is 9.66. The molecule has 0 spiro atoms. The molecule has 0 saturated heterocycles. The van der Waals surface area contributed by atoms with Crippen LogP contribution in [-0.2, 0) is 5.54 Å². The van der Waals surface area contributed by atoms with E-state index in [-0.39, 0.29) is 5.54 Å². The Morgan fingerprint density at radius 3 is 2.57 bits per heavy atom. The number of nitrogens with two attached hydrogens (primary N) is 1. The molecule has 0 bridgehead atoms. The molecule has 1 aromatic rings. The summed E-state index contributed by atoms with van der Waals surface area (Å²) in [6.45, 7) is 3.60. The molecule has 76 valence electrons. The maximum atomic E-state index is 13.1. The van der Waals surface area contributed by atoms with Gasteiger partial charge in [-0.15, -0.1) is 0 Å². The summed E-state index contributed by atoms with van der Waals surface area (Å²) in [4.78, 5) is 0. The fourth-order valence-electron chi connectivity index (χ4n) is 1.83. The van der Waals surface area contributed by atoms with Gasteiger partial charge in [0.25, 0.3) is 0 Å². The summed E-state index contributed by atoms with van der Waals surface area (Å²) in [7, 11) is 0. The van der Waals surface area contributed by atoms with Crippen LogP contribution < -0.4 is 5.73 Å². The number of rotatable bonds is 2. The monoisotopic (exact) mass is 193 g/mol. The van der Waals surface area contributed by atoms with Gasteiger partial charge in [0.15, 0.2) is 0 Å². The first-order valence-corrected chi connectivity index (χ1v) is 5.07. The van der Waals surface area contributed by atoms with Gasteiger partial charge in [-0.05, 0) is 43.4 Å². The fourth-order valence-corrected chi connectivity index (χ4v) is 1.83. The van der Waals surface area contributed by atoms with Crippen molar-refractivity contribution in [2.75, 3.05) is 0 Å². The minimum Gasteiger partial charge on any atom is -0.321 e. The van der Waals surface area contributed by atoms with Gasteiger partial charge in [-0.25, -0.2) is 4.39 Å². The summed E-state index contributed by atoms with van der Waals surface area (Å²) in [6, 6.07) is 5.73. The van der Waals surface area contributed by atoms with Crippen LogP contribution in [0, 0.1) is 6.92 Å². The van der Waals surface area contributed by atoms with Crippen molar-refractivity contribution in [1.82, 2.24) is 0 Å². The van der Waals surface area contributed by atoms with Crippen LogP contribution in [0.1, 0.15) is 42.6 Å². The zero-order chi connectivity index (χ0) is 10.3. The molecule has 0 radical (unpaired) electrons. The Morgan fingerprint density at radius 1 is 1.43 bits per heavy atom. The Morgan fingerprint density at radius 2 is 2.07 bits per heavy atom. The van der Waals surface area contributed by atoms with Gasteiger partial charge in [0.05, 0.1) is 0 Å². The molecule has 14 heavy (non-hydrogen) atoms. The normalized spacial score (nSPS) is 20.6. The highest BCUT2D eigenvalue weighted by Gasteiger charge is 2.41. The molecule has 1 aliphatic rings. The van der Waals surface area contributed by atoms with Crippen molar-refractivity contribution in [3.8, 4) is 0 Å². The highest BCUT2D eigenvalue weighted by molar-refractivity contribution is 5.40. The van der Waals surface area contributed by atoms with Gasteiger partial charge in [0, 0.05) is 5.54 Å². The highest BCUT2D eigenvalue weighted by Crippen LogP contribution is 2.44. The third-order valence-electron chi connectivity index (χ3n) is 3.05. The van der Waals surface area contributed by atoms with Crippen LogP contribution in [0.2, 0.25) is 0 Å². The van der Waals surface area contributed by atoms with Crippen molar-refractivity contribution in [2.24, 2.45) is 5.73 Å². The van der Waals surface area contributed by atoms with E-state index in [1.165, 1.54) is 5.56 Å². The Kier molecular flexibility index (Phi) is 2.11. The number of hydrogen-bond acceptors (Lipinski definition) is 1. The zero-order valence-corrected chi connectivity index (χ0v) is 8.68. The summed E-state index contributed by atoms with van der Waals surface area (Å²) in [5.74, 6) is 0. The molecular weight excluding hydrogens is 177 g/mol. The minimum absolute atomic E-state index is 0.158. The van der Waals surface area contributed by atoms with E-state index in [9.17, 15) is 4.39 Å². The Balaban J connectivity index is 2.43. The van der Waals surface area contributed by atoms with Crippen LogP contribution in [0.3, 0.4) is 0 Å². The molecule has 1 nitrogen and oxygen atoms in total. The highest BCUT2D eigenvalue weighted by atomic mass is 19.1. The average Bonchev–Trinajstić information content (AvgIpc) is 2.85. The van der Waals surface area contributed by atoms with Crippen LogP contribution in [0.5, 0.6) is 0 Å². The second kappa shape index (κ2) is 3.06. The molecule has 1 aliphatic carbocycles. The average molecular weight is 193 g/mol. The molecule has 2 rings (SSSR count). The topological polar surface area (TPSA) is 26.0 Å². The van der Waals surface area contributed by atoms with Crippen LogP contribution in [0.15, 0.2) is 18.2 Å². The van der Waals surface area contributed by atoms with E-state index in [0.717, 1.165) is 24.0 Å². The molecule has 1 aromatic carbocycles. The molecule has 0 aromatic heterocycles. The third-order valence-corrected chi connectivity index (χ3v) is 3.05. The van der Waals surface area contributed by atoms with Crippen molar-refractivity contribution >= 4 is 0 Å². The van der Waals surface area contributed by atoms with Crippen LogP contribution in [-0.4, -0.2) is 0 Å². The summed E-state index contributed by atoms with van der Waals surface area (Å²) in [5.41, 5.74) is 9.00. The van der Waals surface area contributed by atoms with Gasteiger partial charge < -0.3 is 5.73 Å². The van der Waals surface area contributed by atoms with Gasteiger partial charge in [-0.3, -0.25) is 0 Å². The van der Waals surface area contributed by atoms with E-state index in [4.69, 9.17) is 5.73 Å². The lowest BCUT2D eigenvalue weighted by Gasteiger charge is -2.15. The molecular formula is C12H16FN. The maximum absolute atomic E-state index is 13.1. The van der Waals surface area contributed by atoms with Crippen molar-refractivity contribution in [3.63, 3.8) is 0 Å². The van der Waals surface area contributed by atoms with Crippen molar-refractivity contribution < 1.29 is 4.39 Å². The minimum atomic E-state index is -0.906. The van der Waals surface area contributed by atoms with Gasteiger partial charge in [0.2, 0.25) is 0 Å². The number of aryl methyl sites for hydroxylation is 1. The Bertz CT molecular complexity index is 353. The summed E-state index contributed by atoms with van der Waals surface area (Å²) >= 11 is 0. The van der Waals surface area contributed by atoms with Crippen molar-refractivity contribution in [2.45, 2.75) is 38.4 Å². The predicted octanol–water partition coefficient (Wildman–Crippen LogP) is 2.97. The lowest BCUT2D eigenvalue weighted by Crippen LogP contribution is -2.20. The van der Waals surface area contributed by atoms with E-state index >= 15 is 0 Å². The number of hydrogen-bond donors (Lipinski definition) is 1. The van der Waals surface area contributed by atoms with Crippen LogP contribution in [0.4, 0.5) is 4.39 Å². The molecule has 0 amide bonds. The van der Waals surface area contributed by atoms with Crippen LogP contribution in [0.25, 0.3) is 0 Å². The molecule has 2 N–H and O–H groups in total. The van der Waals surface area contributed by atoms with E-state index in [2.05, 4.69) is 0 Å². The second-order valence-corrected chi connectivity index (χ2v) is 4.35. The smallest absolute Gasteiger partial charge is 0.122 e. The second-order valence-electron chi connectivity index (χ2n) is 4.35. The molecule has 0 aliphatic heterocycles. The molecule has 1 unspecified atom stereocenters. The van der Waals surface area contributed by atoms with E-state index < -0.39 is 6.17 Å². The number of benzene rings is 1. The Labute approximate surface area is 84.1 Å². The molecule has 1 saturated carbocycles. The maximum Gasteiger partial charge on any atom is 0.122 e. The van der Waals surface area contributed by atoms with Crippen molar-refractivity contribution in [1.29, 1.82) is 0 Å². The quantitative estimate of drug-likeness (QED) is 0.767. The first-order chi connectivity index (χ1) is 6.53. The standard InChI is InChI=1S/C12H16FN/c1-8-3-4-10(9(2)13)7-11(8)12(14)5-6-12/h3-4,7,9H,5-6,14H2,1-2H3. The van der Waals surface area contributed by atoms with Gasteiger partial charge in [-0.2, -0.15) is 0 Å². The van der Waals surface area contributed by atoms with Crippen molar-refractivity contribution in [3.05, 3.63) is 34.9 Å². The third kappa shape index (κ3) is 1.55. The summed E-state index contributed by atoms with van der Waals surface area (Å²) in [6.07, 6.45) is 1.15. The van der Waals surface area contributed by atoms with E-state index in [1.54, 1.807) is 6.92 Å². The number of alkyl halides is 1. The van der Waals surface area contributed by atoms with Gasteiger partial charge in [-0.1, -0.05) is 18.2 Å². The Hall–Kier alpha value is -0.890. The molecule has 1 atom stereocenters. The van der Waals surface area contributed by atoms with Gasteiger partial charge in [0.1, 0.15) is 6.17 Å². The summed E-state index contributed by atoms with van der Waals surface area (Å²) < 4.78 is 13.1. The van der Waals surface area contributed by atoms with E-state index in [0.29, 0.717) is 0 Å². The first-order valence-electron chi connectivity index (χ1n) is 5.07. The van der Waals surface area contributed by atoms with Gasteiger partial charge >= 0.3 is 0 Å². The zero-order valence-electron chi connectivity index (χ0n) is 8.68. The molecule has 1 fully saturated rings. The van der Waals surface area contributed by atoms with Crippen LogP contribution >= 0.6 is 0 Å². The largest absolute Gasteiger partial charge is 0.321 e. The summed E-state index contributed by atoms with van der Waals surface area (Å²) in [5, 5.41) is 0. The fraction of sp³-hybridized carbons (Fsp3) is 0.500. The number of halogens is 1. The molecule has 2 heteroatoms. The molecule has 0 heterocycles. The lowest BCUT2D eigenvalue weighted by atomic mass is 9.96. The predicted molar refractivity (Wildman–Crippen MR) is 55.8 cm³/mol. The SMILES string of the molecule is Cc1ccc(C(C)F)cc1C1(N)CC1.